The lowest BCUT2D eigenvalue weighted by Gasteiger charge is -2.01. The fourth-order valence-electron chi connectivity index (χ4n) is 2.42. The molecule has 3 rings (SSSR count). The maximum absolute atomic E-state index is 5.58. The van der Waals surface area contributed by atoms with Crippen molar-refractivity contribution in [2.45, 2.75) is 39.2 Å². The highest BCUT2D eigenvalue weighted by molar-refractivity contribution is 7.15. The van der Waals surface area contributed by atoms with E-state index in [2.05, 4.69) is 23.3 Å². The highest BCUT2D eigenvalue weighted by Crippen LogP contribution is 2.37. The zero-order valence-corrected chi connectivity index (χ0v) is 11.5. The van der Waals surface area contributed by atoms with Crippen LogP contribution in [-0.2, 0) is 19.4 Å². The Morgan fingerprint density at radius 3 is 3.22 bits per heavy atom. The van der Waals surface area contributed by atoms with E-state index in [1.54, 1.807) is 6.39 Å². The molecule has 0 unspecified atom stereocenters. The average Bonchev–Trinajstić information content (AvgIpc) is 3.02. The summed E-state index contributed by atoms with van der Waals surface area (Å²) in [5.41, 5.74) is 2.54. The van der Waals surface area contributed by atoms with Crippen LogP contribution in [-0.4, -0.2) is 11.5 Å². The fraction of sp³-hybridized carbons (Fsp3) is 0.500. The van der Waals surface area contributed by atoms with Crippen LogP contribution in [0.25, 0.3) is 10.6 Å². The van der Waals surface area contributed by atoms with Crippen LogP contribution in [0.2, 0.25) is 0 Å². The van der Waals surface area contributed by atoms with E-state index in [9.17, 15) is 0 Å². The molecule has 4 heteroatoms. The van der Waals surface area contributed by atoms with Gasteiger partial charge in [-0.25, -0.2) is 4.98 Å². The number of nitrogens with zero attached hydrogens (tertiary/aromatic N) is 1. The van der Waals surface area contributed by atoms with Crippen molar-refractivity contribution in [1.29, 1.82) is 0 Å². The predicted molar refractivity (Wildman–Crippen MR) is 73.8 cm³/mol. The first-order valence-electron chi connectivity index (χ1n) is 6.63. The molecular formula is C14H18N2OS. The Hall–Kier alpha value is -1.13. The molecule has 0 aromatic carbocycles. The summed E-state index contributed by atoms with van der Waals surface area (Å²) < 4.78 is 5.58. The van der Waals surface area contributed by atoms with Gasteiger partial charge >= 0.3 is 0 Å². The standard InChI is InChI=1S/C14H18N2OS/c1-2-6-15-8-11-14(17-9-16-11)13-7-10-4-3-5-12(10)18-13/h7,9,15H,2-6,8H2,1H3. The molecule has 0 fully saturated rings. The van der Waals surface area contributed by atoms with Gasteiger partial charge in [-0.1, -0.05) is 6.92 Å². The smallest absolute Gasteiger partial charge is 0.181 e. The van der Waals surface area contributed by atoms with Crippen LogP contribution < -0.4 is 5.32 Å². The molecule has 0 saturated heterocycles. The molecule has 1 N–H and O–H groups in total. The summed E-state index contributed by atoms with van der Waals surface area (Å²) in [5.74, 6) is 0.956. The van der Waals surface area contributed by atoms with E-state index >= 15 is 0 Å². The van der Waals surface area contributed by atoms with E-state index in [1.165, 1.54) is 34.6 Å². The van der Waals surface area contributed by atoms with Crippen molar-refractivity contribution in [3.8, 4) is 10.6 Å². The fourth-order valence-corrected chi connectivity index (χ4v) is 3.68. The van der Waals surface area contributed by atoms with Crippen LogP contribution in [0.3, 0.4) is 0 Å². The lowest BCUT2D eigenvalue weighted by molar-refractivity contribution is 0.570. The second-order valence-electron chi connectivity index (χ2n) is 4.72. The topological polar surface area (TPSA) is 38.1 Å². The van der Waals surface area contributed by atoms with Gasteiger partial charge in [0, 0.05) is 11.4 Å². The minimum atomic E-state index is 0.794. The summed E-state index contributed by atoms with van der Waals surface area (Å²) in [6.45, 7) is 3.98. The van der Waals surface area contributed by atoms with Crippen molar-refractivity contribution in [1.82, 2.24) is 10.3 Å². The molecule has 0 spiro atoms. The lowest BCUT2D eigenvalue weighted by Crippen LogP contribution is -2.14. The molecule has 0 bridgehead atoms. The van der Waals surface area contributed by atoms with Gasteiger partial charge in [0.2, 0.25) is 0 Å². The van der Waals surface area contributed by atoms with E-state index in [1.807, 2.05) is 11.3 Å². The minimum absolute atomic E-state index is 0.794. The third kappa shape index (κ3) is 2.22. The van der Waals surface area contributed by atoms with Crippen LogP contribution >= 0.6 is 11.3 Å². The second-order valence-corrected chi connectivity index (χ2v) is 5.85. The van der Waals surface area contributed by atoms with Crippen LogP contribution in [0.4, 0.5) is 0 Å². The maximum Gasteiger partial charge on any atom is 0.181 e. The first kappa shape index (κ1) is 11.9. The highest BCUT2D eigenvalue weighted by Gasteiger charge is 2.19. The van der Waals surface area contributed by atoms with E-state index in [4.69, 9.17) is 4.42 Å². The second kappa shape index (κ2) is 5.24. The Bertz CT molecular complexity index is 508. The van der Waals surface area contributed by atoms with Crippen molar-refractivity contribution in [2.75, 3.05) is 6.54 Å². The molecule has 18 heavy (non-hydrogen) atoms. The highest BCUT2D eigenvalue weighted by atomic mass is 32.1. The van der Waals surface area contributed by atoms with E-state index in [0.717, 1.165) is 31.0 Å². The number of oxazole rings is 1. The predicted octanol–water partition coefficient (Wildman–Crippen LogP) is 3.39. The van der Waals surface area contributed by atoms with Crippen molar-refractivity contribution >= 4 is 11.3 Å². The van der Waals surface area contributed by atoms with Gasteiger partial charge in [-0.3, -0.25) is 0 Å². The van der Waals surface area contributed by atoms with Crippen LogP contribution in [0.15, 0.2) is 16.9 Å². The molecule has 2 aromatic heterocycles. The summed E-state index contributed by atoms with van der Waals surface area (Å²) >= 11 is 1.87. The Balaban J connectivity index is 1.80. The number of thiophene rings is 1. The van der Waals surface area contributed by atoms with Gasteiger partial charge < -0.3 is 9.73 Å². The third-order valence-electron chi connectivity index (χ3n) is 3.33. The Morgan fingerprint density at radius 2 is 2.39 bits per heavy atom. The number of hydrogen-bond acceptors (Lipinski definition) is 4. The molecule has 0 saturated carbocycles. The number of rotatable bonds is 5. The Morgan fingerprint density at radius 1 is 1.44 bits per heavy atom. The third-order valence-corrected chi connectivity index (χ3v) is 4.57. The number of hydrogen-bond donors (Lipinski definition) is 1. The number of aryl methyl sites for hydroxylation is 2. The van der Waals surface area contributed by atoms with E-state index in [-0.39, 0.29) is 0 Å². The first-order chi connectivity index (χ1) is 8.88. The minimum Gasteiger partial charge on any atom is -0.442 e. The van der Waals surface area contributed by atoms with Gasteiger partial charge in [-0.2, -0.15) is 0 Å². The average molecular weight is 262 g/mol. The summed E-state index contributed by atoms with van der Waals surface area (Å²) in [5, 5.41) is 3.38. The quantitative estimate of drug-likeness (QED) is 0.839. The van der Waals surface area contributed by atoms with Gasteiger partial charge in [0.25, 0.3) is 0 Å². The molecule has 2 aromatic rings. The SMILES string of the molecule is CCCNCc1ncoc1-c1cc2c(s1)CCC2. The largest absolute Gasteiger partial charge is 0.442 e. The van der Waals surface area contributed by atoms with Gasteiger partial charge in [0.15, 0.2) is 12.2 Å². The zero-order valence-electron chi connectivity index (χ0n) is 10.7. The summed E-state index contributed by atoms with van der Waals surface area (Å²) in [6, 6.07) is 2.29. The van der Waals surface area contributed by atoms with Gasteiger partial charge in [0.1, 0.15) is 5.69 Å². The summed E-state index contributed by atoms with van der Waals surface area (Å²) in [6.07, 6.45) is 6.47. The van der Waals surface area contributed by atoms with Crippen molar-refractivity contribution in [3.63, 3.8) is 0 Å². The molecule has 0 aliphatic heterocycles. The molecule has 1 aliphatic carbocycles. The lowest BCUT2D eigenvalue weighted by atomic mass is 10.2. The number of nitrogens with one attached hydrogen (secondary N) is 1. The van der Waals surface area contributed by atoms with Crippen LogP contribution in [0.1, 0.15) is 35.9 Å². The normalized spacial score (nSPS) is 14.1. The van der Waals surface area contributed by atoms with Crippen molar-refractivity contribution in [3.05, 3.63) is 28.6 Å². The van der Waals surface area contributed by atoms with Gasteiger partial charge in [-0.15, -0.1) is 11.3 Å². The number of fused-ring (bicyclic) bond motifs is 1. The Kier molecular flexibility index (Phi) is 3.48. The molecule has 1 aliphatic rings. The van der Waals surface area contributed by atoms with Crippen molar-refractivity contribution in [2.24, 2.45) is 0 Å². The molecule has 96 valence electrons. The molecule has 0 atom stereocenters. The monoisotopic (exact) mass is 262 g/mol. The molecular weight excluding hydrogens is 244 g/mol. The maximum atomic E-state index is 5.58. The van der Waals surface area contributed by atoms with E-state index < -0.39 is 0 Å². The van der Waals surface area contributed by atoms with Crippen LogP contribution in [0.5, 0.6) is 0 Å². The number of aromatic nitrogens is 1. The Labute approximate surface area is 111 Å². The van der Waals surface area contributed by atoms with Gasteiger partial charge in [0.05, 0.1) is 4.88 Å². The molecule has 0 amide bonds. The van der Waals surface area contributed by atoms with Gasteiger partial charge in [-0.05, 0) is 43.9 Å². The summed E-state index contributed by atoms with van der Waals surface area (Å²) in [7, 11) is 0. The van der Waals surface area contributed by atoms with Crippen molar-refractivity contribution < 1.29 is 4.42 Å². The molecule has 2 heterocycles. The van der Waals surface area contributed by atoms with E-state index in [0.29, 0.717) is 0 Å². The van der Waals surface area contributed by atoms with Crippen LogP contribution in [0, 0.1) is 0 Å². The summed E-state index contributed by atoms with van der Waals surface area (Å²) in [4.78, 5) is 7.10. The molecule has 3 nitrogen and oxygen atoms in total. The zero-order chi connectivity index (χ0) is 12.4. The molecule has 0 radical (unpaired) electrons. The first-order valence-corrected chi connectivity index (χ1v) is 7.45.